The maximum absolute atomic E-state index is 11.8. The van der Waals surface area contributed by atoms with Gasteiger partial charge in [-0.2, -0.15) is 0 Å². The van der Waals surface area contributed by atoms with Crippen LogP contribution in [0.4, 0.5) is 0 Å². The molecule has 0 saturated carbocycles. The highest BCUT2D eigenvalue weighted by Crippen LogP contribution is 2.14. The van der Waals surface area contributed by atoms with Crippen molar-refractivity contribution in [2.24, 2.45) is 5.41 Å². The summed E-state index contributed by atoms with van der Waals surface area (Å²) in [4.78, 5) is 23.7. The fourth-order valence-electron chi connectivity index (χ4n) is 1.38. The van der Waals surface area contributed by atoms with Crippen molar-refractivity contribution in [3.63, 3.8) is 0 Å². The molecule has 1 aromatic carbocycles. The van der Waals surface area contributed by atoms with Crippen LogP contribution in [0.15, 0.2) is 29.2 Å². The molecule has 0 saturated heterocycles. The van der Waals surface area contributed by atoms with E-state index in [0.29, 0.717) is 5.56 Å². The predicted octanol–water partition coefficient (Wildman–Crippen LogP) is 1.44. The molecule has 1 rings (SSSR count). The Balaban J connectivity index is 2.73. The first-order valence-electron chi connectivity index (χ1n) is 6.13. The van der Waals surface area contributed by atoms with Crippen molar-refractivity contribution >= 4 is 21.5 Å². The highest BCUT2D eigenvalue weighted by atomic mass is 32.2. The molecule has 6 heteroatoms. The number of benzene rings is 1. The van der Waals surface area contributed by atoms with Gasteiger partial charge in [0.2, 0.25) is 0 Å². The number of hydrogen-bond acceptors (Lipinski definition) is 4. The quantitative estimate of drug-likeness (QED) is 0.911. The van der Waals surface area contributed by atoms with Crippen LogP contribution in [-0.4, -0.2) is 32.9 Å². The van der Waals surface area contributed by atoms with Gasteiger partial charge < -0.3 is 5.32 Å². The molecule has 0 aromatic heterocycles. The minimum Gasteiger partial charge on any atom is -0.345 e. The third kappa shape index (κ3) is 4.45. The summed E-state index contributed by atoms with van der Waals surface area (Å²) < 4.78 is 22.6. The molecule has 0 aliphatic rings. The minimum absolute atomic E-state index is 0.0455. The van der Waals surface area contributed by atoms with Gasteiger partial charge in [-0.05, 0) is 24.3 Å². The average molecular weight is 297 g/mol. The zero-order valence-corrected chi connectivity index (χ0v) is 12.9. The molecule has 5 nitrogen and oxygen atoms in total. The van der Waals surface area contributed by atoms with Gasteiger partial charge in [-0.25, -0.2) is 8.42 Å². The van der Waals surface area contributed by atoms with Gasteiger partial charge in [0, 0.05) is 17.2 Å². The molecule has 0 spiro atoms. The van der Waals surface area contributed by atoms with E-state index in [4.69, 9.17) is 0 Å². The number of carbonyl (C=O) groups is 2. The van der Waals surface area contributed by atoms with E-state index < -0.39 is 21.2 Å². The predicted molar refractivity (Wildman–Crippen MR) is 76.3 cm³/mol. The Morgan fingerprint density at radius 2 is 1.60 bits per heavy atom. The van der Waals surface area contributed by atoms with Gasteiger partial charge in [0.05, 0.1) is 11.4 Å². The fraction of sp³-hybridized carbons (Fsp3) is 0.429. The number of hydrogen-bond donors (Lipinski definition) is 1. The lowest BCUT2D eigenvalue weighted by atomic mass is 9.91. The first-order chi connectivity index (χ1) is 9.01. The Morgan fingerprint density at radius 1 is 1.10 bits per heavy atom. The lowest BCUT2D eigenvalue weighted by Crippen LogP contribution is -2.35. The summed E-state index contributed by atoms with van der Waals surface area (Å²) in [6.45, 7) is 5.29. The number of rotatable bonds is 4. The Hall–Kier alpha value is -1.69. The van der Waals surface area contributed by atoms with Crippen molar-refractivity contribution in [1.82, 2.24) is 5.32 Å². The summed E-state index contributed by atoms with van der Waals surface area (Å²) >= 11 is 0. The van der Waals surface area contributed by atoms with Gasteiger partial charge in [-0.15, -0.1) is 0 Å². The molecule has 20 heavy (non-hydrogen) atoms. The number of sulfone groups is 1. The number of amides is 1. The molecule has 0 fully saturated rings. The standard InChI is InChI=1S/C14H19NO4S/c1-14(2,3)12(16)9-15-13(17)10-5-7-11(8-6-10)20(4,18)19/h5-8H,9H2,1-4H3,(H,15,17). The van der Waals surface area contributed by atoms with Crippen LogP contribution < -0.4 is 5.32 Å². The Morgan fingerprint density at radius 3 is 2.00 bits per heavy atom. The van der Waals surface area contributed by atoms with Gasteiger partial charge in [-0.3, -0.25) is 9.59 Å². The van der Waals surface area contributed by atoms with E-state index in [1.165, 1.54) is 24.3 Å². The van der Waals surface area contributed by atoms with Crippen LogP contribution in [0, 0.1) is 5.41 Å². The molecule has 0 bridgehead atoms. The minimum atomic E-state index is -3.28. The molecule has 0 atom stereocenters. The third-order valence-electron chi connectivity index (χ3n) is 2.79. The van der Waals surface area contributed by atoms with Crippen molar-refractivity contribution in [1.29, 1.82) is 0 Å². The molecule has 110 valence electrons. The largest absolute Gasteiger partial charge is 0.345 e. The molecule has 0 radical (unpaired) electrons. The van der Waals surface area contributed by atoms with Crippen molar-refractivity contribution < 1.29 is 18.0 Å². The van der Waals surface area contributed by atoms with E-state index in [0.717, 1.165) is 6.26 Å². The van der Waals surface area contributed by atoms with Crippen molar-refractivity contribution in [3.05, 3.63) is 29.8 Å². The smallest absolute Gasteiger partial charge is 0.251 e. The monoisotopic (exact) mass is 297 g/mol. The van der Waals surface area contributed by atoms with Crippen LogP contribution in [0.2, 0.25) is 0 Å². The van der Waals surface area contributed by atoms with E-state index in [-0.39, 0.29) is 17.2 Å². The summed E-state index contributed by atoms with van der Waals surface area (Å²) in [5, 5.41) is 2.53. The summed E-state index contributed by atoms with van der Waals surface area (Å²) in [7, 11) is -3.28. The first kappa shape index (κ1) is 16.4. The maximum atomic E-state index is 11.8. The van der Waals surface area contributed by atoms with Crippen LogP contribution in [0.3, 0.4) is 0 Å². The Labute approximate surface area is 119 Å². The van der Waals surface area contributed by atoms with Crippen LogP contribution in [0.1, 0.15) is 31.1 Å². The highest BCUT2D eigenvalue weighted by Gasteiger charge is 2.21. The van der Waals surface area contributed by atoms with E-state index >= 15 is 0 Å². The van der Waals surface area contributed by atoms with Crippen LogP contribution >= 0.6 is 0 Å². The average Bonchev–Trinajstić information content (AvgIpc) is 2.33. The van der Waals surface area contributed by atoms with Crippen molar-refractivity contribution in [2.45, 2.75) is 25.7 Å². The van der Waals surface area contributed by atoms with Crippen LogP contribution in [0.25, 0.3) is 0 Å². The first-order valence-corrected chi connectivity index (χ1v) is 8.02. The topological polar surface area (TPSA) is 80.3 Å². The van der Waals surface area contributed by atoms with Crippen LogP contribution in [-0.2, 0) is 14.6 Å². The second-order valence-electron chi connectivity index (χ2n) is 5.65. The van der Waals surface area contributed by atoms with E-state index in [1.54, 1.807) is 20.8 Å². The maximum Gasteiger partial charge on any atom is 0.251 e. The summed E-state index contributed by atoms with van der Waals surface area (Å²) in [6, 6.07) is 5.59. The molecule has 0 heterocycles. The lowest BCUT2D eigenvalue weighted by Gasteiger charge is -2.16. The van der Waals surface area contributed by atoms with Gasteiger partial charge in [0.25, 0.3) is 5.91 Å². The molecular weight excluding hydrogens is 278 g/mol. The van der Waals surface area contributed by atoms with E-state index in [2.05, 4.69) is 5.32 Å². The molecular formula is C14H19NO4S. The zero-order chi connectivity index (χ0) is 15.6. The Kier molecular flexibility index (Phi) is 4.70. The summed E-state index contributed by atoms with van der Waals surface area (Å²) in [5.41, 5.74) is -0.188. The van der Waals surface area contributed by atoms with Gasteiger partial charge in [0.15, 0.2) is 15.6 Å². The number of ketones is 1. The van der Waals surface area contributed by atoms with Gasteiger partial charge in [-0.1, -0.05) is 20.8 Å². The number of nitrogens with one attached hydrogen (secondary N) is 1. The highest BCUT2D eigenvalue weighted by molar-refractivity contribution is 7.90. The van der Waals surface area contributed by atoms with Crippen molar-refractivity contribution in [3.8, 4) is 0 Å². The molecule has 1 N–H and O–H groups in total. The number of carbonyl (C=O) groups excluding carboxylic acids is 2. The van der Waals surface area contributed by atoms with Gasteiger partial charge >= 0.3 is 0 Å². The van der Waals surface area contributed by atoms with Gasteiger partial charge in [0.1, 0.15) is 0 Å². The molecule has 0 unspecified atom stereocenters. The number of Topliss-reactive ketones (excluding diaryl/α,β-unsaturated/α-hetero) is 1. The SMILES string of the molecule is CC(C)(C)C(=O)CNC(=O)c1ccc(S(C)(=O)=O)cc1. The summed E-state index contributed by atoms with van der Waals surface area (Å²) in [6.07, 6.45) is 1.10. The molecule has 1 aromatic rings. The van der Waals surface area contributed by atoms with Crippen molar-refractivity contribution in [2.75, 3.05) is 12.8 Å². The van der Waals surface area contributed by atoms with E-state index in [1.807, 2.05) is 0 Å². The zero-order valence-electron chi connectivity index (χ0n) is 12.1. The second-order valence-corrected chi connectivity index (χ2v) is 7.67. The normalized spacial score (nSPS) is 12.0. The molecule has 0 aliphatic carbocycles. The molecule has 0 aliphatic heterocycles. The third-order valence-corrected chi connectivity index (χ3v) is 3.92. The summed E-state index contributed by atoms with van der Waals surface area (Å²) in [5.74, 6) is -0.471. The molecule has 1 amide bonds. The second kappa shape index (κ2) is 5.75. The van der Waals surface area contributed by atoms with E-state index in [9.17, 15) is 18.0 Å². The van der Waals surface area contributed by atoms with Crippen LogP contribution in [0.5, 0.6) is 0 Å². The Bertz CT molecular complexity index is 610. The fourth-order valence-corrected chi connectivity index (χ4v) is 2.01. The lowest BCUT2D eigenvalue weighted by molar-refractivity contribution is -0.125.